The first-order valence-corrected chi connectivity index (χ1v) is 6.72. The van der Waals surface area contributed by atoms with Gasteiger partial charge in [0.15, 0.2) is 0 Å². The Labute approximate surface area is 98.7 Å². The van der Waals surface area contributed by atoms with Crippen LogP contribution in [0.3, 0.4) is 0 Å². The lowest BCUT2D eigenvalue weighted by atomic mass is 9.67. The molecule has 2 rings (SSSR count). The second-order valence-electron chi connectivity index (χ2n) is 6.04. The minimum absolute atomic E-state index is 0.181. The van der Waals surface area contributed by atoms with E-state index in [-0.39, 0.29) is 11.5 Å². The summed E-state index contributed by atoms with van der Waals surface area (Å²) in [5.41, 5.74) is -0.223. The van der Waals surface area contributed by atoms with E-state index in [0.717, 1.165) is 5.92 Å². The van der Waals surface area contributed by atoms with Gasteiger partial charge < -0.3 is 4.74 Å². The minimum atomic E-state index is -0.223. The van der Waals surface area contributed by atoms with Crippen molar-refractivity contribution in [2.75, 3.05) is 0 Å². The molecule has 0 aromatic rings. The maximum absolute atomic E-state index is 11.4. The molecular formula is C14H24O2. The zero-order valence-electron chi connectivity index (χ0n) is 10.8. The summed E-state index contributed by atoms with van der Waals surface area (Å²) >= 11 is 0. The van der Waals surface area contributed by atoms with E-state index in [1.807, 2.05) is 13.8 Å². The first-order chi connectivity index (χ1) is 7.54. The summed E-state index contributed by atoms with van der Waals surface area (Å²) in [6.07, 6.45) is 7.56. The summed E-state index contributed by atoms with van der Waals surface area (Å²) in [7, 11) is 0. The van der Waals surface area contributed by atoms with E-state index in [1.165, 1.54) is 32.1 Å². The number of ether oxygens (including phenoxy) is 1. The number of carbonyl (C=O) groups is 1. The zero-order chi connectivity index (χ0) is 11.8. The molecule has 92 valence electrons. The van der Waals surface area contributed by atoms with E-state index in [9.17, 15) is 4.79 Å². The van der Waals surface area contributed by atoms with E-state index < -0.39 is 0 Å². The summed E-state index contributed by atoms with van der Waals surface area (Å²) in [5, 5.41) is 0. The molecule has 16 heavy (non-hydrogen) atoms. The Bertz CT molecular complexity index is 270. The van der Waals surface area contributed by atoms with Gasteiger partial charge in [0, 0.05) is 6.42 Å². The Morgan fingerprint density at radius 2 is 2.12 bits per heavy atom. The Hall–Kier alpha value is -0.370. The summed E-state index contributed by atoms with van der Waals surface area (Å²) in [4.78, 5) is 11.4. The van der Waals surface area contributed by atoms with Gasteiger partial charge in [-0.3, -0.25) is 4.79 Å². The average molecular weight is 224 g/mol. The van der Waals surface area contributed by atoms with Gasteiger partial charge in [0.25, 0.3) is 0 Å². The third-order valence-corrected chi connectivity index (χ3v) is 4.56. The molecule has 2 aliphatic carbocycles. The van der Waals surface area contributed by atoms with Gasteiger partial charge in [-0.1, -0.05) is 40.0 Å². The monoisotopic (exact) mass is 224 g/mol. The zero-order valence-corrected chi connectivity index (χ0v) is 10.8. The second-order valence-corrected chi connectivity index (χ2v) is 6.04. The van der Waals surface area contributed by atoms with E-state index in [1.54, 1.807) is 0 Å². The Kier molecular flexibility index (Phi) is 3.39. The van der Waals surface area contributed by atoms with Crippen LogP contribution in [0.2, 0.25) is 0 Å². The predicted octanol–water partition coefficient (Wildman–Crippen LogP) is 3.34. The third kappa shape index (κ3) is 2.17. The maximum Gasteiger partial charge on any atom is 0.143 e. The molecule has 3 unspecified atom stereocenters. The van der Waals surface area contributed by atoms with Crippen LogP contribution in [0, 0.1) is 11.3 Å². The lowest BCUT2D eigenvalue weighted by Gasteiger charge is -2.45. The van der Waals surface area contributed by atoms with E-state index in [0.29, 0.717) is 18.3 Å². The van der Waals surface area contributed by atoms with Gasteiger partial charge >= 0.3 is 0 Å². The van der Waals surface area contributed by atoms with Crippen LogP contribution in [0.4, 0.5) is 0 Å². The van der Waals surface area contributed by atoms with Gasteiger partial charge in [0.2, 0.25) is 0 Å². The summed E-state index contributed by atoms with van der Waals surface area (Å²) < 4.78 is 6.12. The van der Waals surface area contributed by atoms with Crippen LogP contribution in [-0.4, -0.2) is 18.0 Å². The number of ketones is 1. The first-order valence-electron chi connectivity index (χ1n) is 6.72. The smallest absolute Gasteiger partial charge is 0.143 e. The Balaban J connectivity index is 1.84. The highest BCUT2D eigenvalue weighted by molar-refractivity contribution is 5.91. The minimum Gasteiger partial charge on any atom is -0.374 e. The van der Waals surface area contributed by atoms with Gasteiger partial charge in [-0.2, -0.15) is 0 Å². The normalized spacial score (nSPS) is 38.2. The molecule has 0 aromatic heterocycles. The van der Waals surface area contributed by atoms with E-state index >= 15 is 0 Å². The van der Waals surface area contributed by atoms with Gasteiger partial charge in [-0.15, -0.1) is 0 Å². The van der Waals surface area contributed by atoms with Gasteiger partial charge in [0.05, 0.1) is 17.6 Å². The molecular weight excluding hydrogens is 200 g/mol. The first kappa shape index (κ1) is 12.1. The van der Waals surface area contributed by atoms with E-state index in [2.05, 4.69) is 6.92 Å². The van der Waals surface area contributed by atoms with Crippen LogP contribution in [-0.2, 0) is 9.53 Å². The molecule has 0 aliphatic heterocycles. The largest absolute Gasteiger partial charge is 0.374 e. The maximum atomic E-state index is 11.4. The molecule has 2 heteroatoms. The second kappa shape index (κ2) is 4.48. The lowest BCUT2D eigenvalue weighted by molar-refractivity contribution is -0.169. The fraction of sp³-hybridized carbons (Fsp3) is 0.929. The third-order valence-electron chi connectivity index (χ3n) is 4.56. The Morgan fingerprint density at radius 3 is 2.69 bits per heavy atom. The number of hydrogen-bond donors (Lipinski definition) is 0. The molecule has 3 atom stereocenters. The van der Waals surface area contributed by atoms with E-state index in [4.69, 9.17) is 4.74 Å². The van der Waals surface area contributed by atoms with Crippen LogP contribution in [0.15, 0.2) is 0 Å². The topological polar surface area (TPSA) is 26.3 Å². The summed E-state index contributed by atoms with van der Waals surface area (Å²) in [5.74, 6) is 1.21. The number of hydrogen-bond acceptors (Lipinski definition) is 2. The molecule has 0 heterocycles. The summed E-state index contributed by atoms with van der Waals surface area (Å²) in [6, 6.07) is 0. The van der Waals surface area contributed by atoms with Crippen molar-refractivity contribution in [3.63, 3.8) is 0 Å². The van der Waals surface area contributed by atoms with Crippen molar-refractivity contribution in [3.8, 4) is 0 Å². The summed E-state index contributed by atoms with van der Waals surface area (Å²) in [6.45, 7) is 6.30. The fourth-order valence-corrected chi connectivity index (χ4v) is 2.92. The highest BCUT2D eigenvalue weighted by atomic mass is 16.5. The standard InChI is InChI=1S/C14H24O2/c1-4-10-6-5-7-11(8-10)16-13-9-12(15)14(13,2)3/h10-11,13H,4-9H2,1-3H3. The fourth-order valence-electron chi connectivity index (χ4n) is 2.92. The van der Waals surface area contributed by atoms with Crippen molar-refractivity contribution in [2.24, 2.45) is 11.3 Å². The average Bonchev–Trinajstić information content (AvgIpc) is 2.29. The van der Waals surface area contributed by atoms with Crippen molar-refractivity contribution in [1.29, 1.82) is 0 Å². The van der Waals surface area contributed by atoms with Crippen LogP contribution < -0.4 is 0 Å². The molecule has 0 saturated heterocycles. The number of Topliss-reactive ketones (excluding diaryl/α,β-unsaturated/α-hetero) is 1. The van der Waals surface area contributed by atoms with Gasteiger partial charge in [0.1, 0.15) is 5.78 Å². The number of carbonyl (C=O) groups excluding carboxylic acids is 1. The molecule has 0 amide bonds. The highest BCUT2D eigenvalue weighted by Gasteiger charge is 2.49. The Morgan fingerprint density at radius 1 is 1.38 bits per heavy atom. The van der Waals surface area contributed by atoms with Gasteiger partial charge in [-0.25, -0.2) is 0 Å². The quantitative estimate of drug-likeness (QED) is 0.735. The molecule has 2 nitrogen and oxygen atoms in total. The van der Waals surface area contributed by atoms with Crippen molar-refractivity contribution < 1.29 is 9.53 Å². The van der Waals surface area contributed by atoms with Crippen LogP contribution in [0.1, 0.15) is 59.3 Å². The molecule has 0 radical (unpaired) electrons. The predicted molar refractivity (Wildman–Crippen MR) is 64.3 cm³/mol. The SMILES string of the molecule is CCC1CCCC(OC2CC(=O)C2(C)C)C1. The molecule has 0 aromatic carbocycles. The van der Waals surface area contributed by atoms with Crippen LogP contribution in [0.25, 0.3) is 0 Å². The molecule has 2 aliphatic rings. The molecule has 0 N–H and O–H groups in total. The molecule has 2 fully saturated rings. The molecule has 2 saturated carbocycles. The number of rotatable bonds is 3. The lowest BCUT2D eigenvalue weighted by Crippen LogP contribution is -2.52. The van der Waals surface area contributed by atoms with Crippen molar-refractivity contribution >= 4 is 5.78 Å². The highest BCUT2D eigenvalue weighted by Crippen LogP contribution is 2.41. The van der Waals surface area contributed by atoms with Crippen molar-refractivity contribution in [3.05, 3.63) is 0 Å². The van der Waals surface area contributed by atoms with Crippen molar-refractivity contribution in [2.45, 2.75) is 71.5 Å². The molecule has 0 bridgehead atoms. The molecule has 0 spiro atoms. The van der Waals surface area contributed by atoms with Gasteiger partial charge in [-0.05, 0) is 18.8 Å². The van der Waals surface area contributed by atoms with Crippen molar-refractivity contribution in [1.82, 2.24) is 0 Å². The van der Waals surface area contributed by atoms with Crippen LogP contribution in [0.5, 0.6) is 0 Å². The van der Waals surface area contributed by atoms with Crippen LogP contribution >= 0.6 is 0 Å².